The van der Waals surface area contributed by atoms with E-state index in [0.29, 0.717) is 12.1 Å². The summed E-state index contributed by atoms with van der Waals surface area (Å²) in [6.07, 6.45) is 4.81. The highest BCUT2D eigenvalue weighted by atomic mass is 16.5. The van der Waals surface area contributed by atoms with Crippen LogP contribution in [0.25, 0.3) is 0 Å². The number of hydrogen-bond acceptors (Lipinski definition) is 4. The van der Waals surface area contributed by atoms with Gasteiger partial charge in [-0.3, -0.25) is 9.69 Å². The first-order valence-electron chi connectivity index (χ1n) is 10.7. The Bertz CT molecular complexity index is 844. The number of anilines is 1. The summed E-state index contributed by atoms with van der Waals surface area (Å²) in [6.45, 7) is 3.94. The average molecular weight is 394 g/mol. The zero-order chi connectivity index (χ0) is 20.2. The standard InChI is InChI=1S/C24H31N3O2/c1-26-13-5-6-19-16-20(9-12-22(19)26)23(27-14-3-4-15-27)17-25-24(28)18-7-10-21(29-2)11-8-18/h7-12,16,23H,3-6,13-15,17H2,1-2H3,(H,25,28)/t23-/m0/s1. The van der Waals surface area contributed by atoms with Crippen molar-refractivity contribution in [2.45, 2.75) is 31.7 Å². The lowest BCUT2D eigenvalue weighted by molar-refractivity contribution is 0.0938. The monoisotopic (exact) mass is 393 g/mol. The molecule has 0 aromatic heterocycles. The Morgan fingerprint density at radius 2 is 1.83 bits per heavy atom. The number of fused-ring (bicyclic) bond motifs is 1. The number of nitrogens with zero attached hydrogens (tertiary/aromatic N) is 2. The summed E-state index contributed by atoms with van der Waals surface area (Å²) in [6, 6.07) is 14.4. The third kappa shape index (κ3) is 4.40. The van der Waals surface area contributed by atoms with Gasteiger partial charge in [-0.05, 0) is 80.2 Å². The number of amides is 1. The molecule has 2 aliphatic heterocycles. The summed E-state index contributed by atoms with van der Waals surface area (Å²) < 4.78 is 5.18. The van der Waals surface area contributed by atoms with Crippen molar-refractivity contribution in [3.8, 4) is 5.75 Å². The molecule has 1 fully saturated rings. The maximum atomic E-state index is 12.7. The molecule has 1 saturated heterocycles. The Hall–Kier alpha value is -2.53. The summed E-state index contributed by atoms with van der Waals surface area (Å²) >= 11 is 0. The van der Waals surface area contributed by atoms with E-state index in [9.17, 15) is 4.79 Å². The SMILES string of the molecule is COc1ccc(C(=O)NC[C@@H](c2ccc3c(c2)CCCN3C)N2CCCC2)cc1. The number of aryl methyl sites for hydroxylation is 1. The molecule has 0 aliphatic carbocycles. The molecule has 29 heavy (non-hydrogen) atoms. The zero-order valence-corrected chi connectivity index (χ0v) is 17.5. The Morgan fingerprint density at radius 1 is 1.07 bits per heavy atom. The topological polar surface area (TPSA) is 44.8 Å². The van der Waals surface area contributed by atoms with Crippen LogP contribution in [-0.2, 0) is 6.42 Å². The summed E-state index contributed by atoms with van der Waals surface area (Å²) in [5, 5.41) is 3.17. The molecule has 1 N–H and O–H groups in total. The lowest BCUT2D eigenvalue weighted by atomic mass is 9.96. The molecule has 0 unspecified atom stereocenters. The van der Waals surface area contributed by atoms with E-state index in [2.05, 4.69) is 40.4 Å². The van der Waals surface area contributed by atoms with Crippen LogP contribution < -0.4 is 15.0 Å². The van der Waals surface area contributed by atoms with Gasteiger partial charge in [-0.15, -0.1) is 0 Å². The first-order valence-corrected chi connectivity index (χ1v) is 10.7. The second-order valence-corrected chi connectivity index (χ2v) is 8.11. The van der Waals surface area contributed by atoms with Gasteiger partial charge in [-0.25, -0.2) is 0 Å². The number of nitrogens with one attached hydrogen (secondary N) is 1. The van der Waals surface area contributed by atoms with Gasteiger partial charge in [-0.1, -0.05) is 12.1 Å². The van der Waals surface area contributed by atoms with Crippen LogP contribution in [0.4, 0.5) is 5.69 Å². The molecule has 4 rings (SSSR count). The number of carbonyl (C=O) groups is 1. The van der Waals surface area contributed by atoms with Crippen LogP contribution >= 0.6 is 0 Å². The van der Waals surface area contributed by atoms with Crippen molar-refractivity contribution in [3.63, 3.8) is 0 Å². The number of likely N-dealkylation sites (tertiary alicyclic amines) is 1. The van der Waals surface area contributed by atoms with E-state index in [1.807, 2.05) is 24.3 Å². The first kappa shape index (κ1) is 19.8. The maximum Gasteiger partial charge on any atom is 0.251 e. The molecule has 0 saturated carbocycles. The third-order valence-electron chi connectivity index (χ3n) is 6.23. The van der Waals surface area contributed by atoms with E-state index in [0.717, 1.165) is 31.8 Å². The summed E-state index contributed by atoms with van der Waals surface area (Å²) in [5.74, 6) is 0.727. The van der Waals surface area contributed by atoms with E-state index < -0.39 is 0 Å². The van der Waals surface area contributed by atoms with Crippen molar-refractivity contribution in [3.05, 3.63) is 59.2 Å². The van der Waals surface area contributed by atoms with Crippen LogP contribution in [0.15, 0.2) is 42.5 Å². The summed E-state index contributed by atoms with van der Waals surface area (Å²) in [7, 11) is 3.80. The van der Waals surface area contributed by atoms with Gasteiger partial charge in [0, 0.05) is 31.4 Å². The van der Waals surface area contributed by atoms with Crippen LogP contribution in [0, 0.1) is 0 Å². The van der Waals surface area contributed by atoms with Crippen molar-refractivity contribution >= 4 is 11.6 Å². The Labute approximate surface area is 173 Å². The van der Waals surface area contributed by atoms with Gasteiger partial charge in [0.05, 0.1) is 13.2 Å². The maximum absolute atomic E-state index is 12.7. The van der Waals surface area contributed by atoms with Crippen molar-refractivity contribution < 1.29 is 9.53 Å². The molecule has 5 nitrogen and oxygen atoms in total. The van der Waals surface area contributed by atoms with Crippen LogP contribution in [0.2, 0.25) is 0 Å². The van der Waals surface area contributed by atoms with Crippen molar-refractivity contribution in [1.29, 1.82) is 0 Å². The summed E-state index contributed by atoms with van der Waals surface area (Å²) in [5.41, 5.74) is 4.76. The van der Waals surface area contributed by atoms with Crippen LogP contribution in [0.1, 0.15) is 46.8 Å². The molecule has 2 aliphatic rings. The molecule has 0 bridgehead atoms. The lowest BCUT2D eigenvalue weighted by Crippen LogP contribution is -2.37. The van der Waals surface area contributed by atoms with E-state index in [4.69, 9.17) is 4.74 Å². The number of methoxy groups -OCH3 is 1. The average Bonchev–Trinajstić information content (AvgIpc) is 3.28. The quantitative estimate of drug-likeness (QED) is 0.814. The minimum Gasteiger partial charge on any atom is -0.497 e. The van der Waals surface area contributed by atoms with Gasteiger partial charge in [-0.2, -0.15) is 0 Å². The van der Waals surface area contributed by atoms with Gasteiger partial charge in [0.15, 0.2) is 0 Å². The van der Waals surface area contributed by atoms with Crippen molar-refractivity contribution in [2.75, 3.05) is 45.2 Å². The molecule has 0 radical (unpaired) electrons. The molecule has 1 atom stereocenters. The molecular formula is C24H31N3O2. The van der Waals surface area contributed by atoms with Gasteiger partial charge in [0.1, 0.15) is 5.75 Å². The van der Waals surface area contributed by atoms with Gasteiger partial charge < -0.3 is 15.0 Å². The highest BCUT2D eigenvalue weighted by Crippen LogP contribution is 2.31. The molecular weight excluding hydrogens is 362 g/mol. The molecule has 2 heterocycles. The number of carbonyl (C=O) groups excluding carboxylic acids is 1. The number of rotatable bonds is 6. The van der Waals surface area contributed by atoms with E-state index in [1.54, 1.807) is 7.11 Å². The third-order valence-corrected chi connectivity index (χ3v) is 6.23. The van der Waals surface area contributed by atoms with Crippen LogP contribution in [-0.4, -0.2) is 51.1 Å². The largest absolute Gasteiger partial charge is 0.497 e. The molecule has 2 aromatic carbocycles. The molecule has 154 valence electrons. The highest BCUT2D eigenvalue weighted by Gasteiger charge is 2.25. The zero-order valence-electron chi connectivity index (χ0n) is 17.5. The molecule has 5 heteroatoms. The van der Waals surface area contributed by atoms with Crippen LogP contribution in [0.3, 0.4) is 0 Å². The minimum atomic E-state index is -0.0328. The number of ether oxygens (including phenoxy) is 1. The summed E-state index contributed by atoms with van der Waals surface area (Å²) in [4.78, 5) is 17.6. The van der Waals surface area contributed by atoms with E-state index in [-0.39, 0.29) is 11.9 Å². The van der Waals surface area contributed by atoms with Gasteiger partial charge >= 0.3 is 0 Å². The second-order valence-electron chi connectivity index (χ2n) is 8.11. The fraction of sp³-hybridized carbons (Fsp3) is 0.458. The van der Waals surface area contributed by atoms with Crippen LogP contribution in [0.5, 0.6) is 5.75 Å². The Kier molecular flexibility index (Phi) is 6.05. The molecule has 1 amide bonds. The van der Waals surface area contributed by atoms with Crippen molar-refractivity contribution in [1.82, 2.24) is 10.2 Å². The van der Waals surface area contributed by atoms with E-state index >= 15 is 0 Å². The lowest BCUT2D eigenvalue weighted by Gasteiger charge is -2.32. The fourth-order valence-corrected chi connectivity index (χ4v) is 4.56. The van der Waals surface area contributed by atoms with E-state index in [1.165, 1.54) is 36.1 Å². The Morgan fingerprint density at radius 3 is 2.55 bits per heavy atom. The smallest absolute Gasteiger partial charge is 0.251 e. The predicted molar refractivity (Wildman–Crippen MR) is 117 cm³/mol. The number of hydrogen-bond donors (Lipinski definition) is 1. The van der Waals surface area contributed by atoms with Gasteiger partial charge in [0.25, 0.3) is 5.91 Å². The van der Waals surface area contributed by atoms with Gasteiger partial charge in [0.2, 0.25) is 0 Å². The fourth-order valence-electron chi connectivity index (χ4n) is 4.56. The minimum absolute atomic E-state index is 0.0328. The second kappa shape index (κ2) is 8.87. The molecule has 2 aromatic rings. The first-order chi connectivity index (χ1) is 14.2. The molecule has 0 spiro atoms. The normalized spacial score (nSPS) is 17.7. The van der Waals surface area contributed by atoms with Crippen molar-refractivity contribution in [2.24, 2.45) is 0 Å². The highest BCUT2D eigenvalue weighted by molar-refractivity contribution is 5.94. The Balaban J connectivity index is 1.51. The number of benzene rings is 2. The predicted octanol–water partition coefficient (Wildman–Crippen LogP) is 3.64.